The molecule has 2 aromatic carbocycles. The molecule has 6 heteroatoms. The number of hydrogen-bond donors (Lipinski definition) is 1. The Kier molecular flexibility index (Phi) is 6.24. The van der Waals surface area contributed by atoms with Crippen LogP contribution in [0, 0.1) is 12.8 Å². The number of carbonyl (C=O) groups excluding carboxylic acids is 2. The molecular formula is C21H22ClN3O2. The Morgan fingerprint density at radius 1 is 1.07 bits per heavy atom. The zero-order valence-electron chi connectivity index (χ0n) is 15.2. The van der Waals surface area contributed by atoms with Gasteiger partial charge in [-0.1, -0.05) is 41.4 Å². The van der Waals surface area contributed by atoms with Gasteiger partial charge in [0.1, 0.15) is 0 Å². The lowest BCUT2D eigenvalue weighted by Crippen LogP contribution is -2.42. The van der Waals surface area contributed by atoms with E-state index in [4.69, 9.17) is 11.6 Å². The van der Waals surface area contributed by atoms with Crippen molar-refractivity contribution < 1.29 is 9.59 Å². The number of likely N-dealkylation sites (tertiary alicyclic amines) is 1. The Morgan fingerprint density at radius 2 is 1.70 bits per heavy atom. The monoisotopic (exact) mass is 383 g/mol. The van der Waals surface area contributed by atoms with Crippen molar-refractivity contribution in [3.05, 3.63) is 70.2 Å². The Hall–Kier alpha value is -2.66. The molecule has 0 saturated carbocycles. The topological polar surface area (TPSA) is 61.8 Å². The van der Waals surface area contributed by atoms with Gasteiger partial charge in [0.15, 0.2) is 0 Å². The van der Waals surface area contributed by atoms with Crippen LogP contribution in [0.1, 0.15) is 34.3 Å². The van der Waals surface area contributed by atoms with Gasteiger partial charge in [0.2, 0.25) is 5.91 Å². The summed E-state index contributed by atoms with van der Waals surface area (Å²) in [6.45, 7) is 3.13. The number of amides is 2. The summed E-state index contributed by atoms with van der Waals surface area (Å²) in [6, 6.07) is 14.8. The first-order chi connectivity index (χ1) is 13.0. The molecule has 1 aliphatic rings. The molecule has 0 unspecified atom stereocenters. The van der Waals surface area contributed by atoms with Crippen molar-refractivity contribution in [1.82, 2.24) is 10.3 Å². The van der Waals surface area contributed by atoms with E-state index in [0.717, 1.165) is 5.56 Å². The van der Waals surface area contributed by atoms with Crippen molar-refractivity contribution in [1.29, 1.82) is 0 Å². The molecule has 0 spiro atoms. The maximum absolute atomic E-state index is 12.5. The van der Waals surface area contributed by atoms with Crippen molar-refractivity contribution in [3.8, 4) is 0 Å². The van der Waals surface area contributed by atoms with E-state index in [-0.39, 0.29) is 17.7 Å². The molecule has 1 fully saturated rings. The van der Waals surface area contributed by atoms with Crippen LogP contribution in [0.15, 0.2) is 53.6 Å². The van der Waals surface area contributed by atoms with Crippen LogP contribution in [-0.4, -0.2) is 36.0 Å². The third kappa shape index (κ3) is 5.17. The second-order valence-corrected chi connectivity index (χ2v) is 7.15. The number of carbonyl (C=O) groups is 2. The van der Waals surface area contributed by atoms with Crippen LogP contribution in [0.3, 0.4) is 0 Å². The van der Waals surface area contributed by atoms with Crippen LogP contribution in [0.4, 0.5) is 0 Å². The van der Waals surface area contributed by atoms with E-state index in [9.17, 15) is 9.59 Å². The van der Waals surface area contributed by atoms with Gasteiger partial charge >= 0.3 is 0 Å². The number of aryl methyl sites for hydroxylation is 1. The summed E-state index contributed by atoms with van der Waals surface area (Å²) in [4.78, 5) is 26.6. The molecule has 1 heterocycles. The molecule has 2 aromatic rings. The van der Waals surface area contributed by atoms with Gasteiger partial charge in [0, 0.05) is 29.6 Å². The average molecular weight is 384 g/mol. The molecule has 1 N–H and O–H groups in total. The fourth-order valence-electron chi connectivity index (χ4n) is 3.03. The van der Waals surface area contributed by atoms with Gasteiger partial charge in [-0.2, -0.15) is 5.10 Å². The lowest BCUT2D eigenvalue weighted by atomic mass is 9.95. The number of halogens is 1. The predicted molar refractivity (Wildman–Crippen MR) is 107 cm³/mol. The summed E-state index contributed by atoms with van der Waals surface area (Å²) in [5, 5.41) is 4.64. The number of benzene rings is 2. The molecule has 140 valence electrons. The maximum Gasteiger partial charge on any atom is 0.253 e. The minimum atomic E-state index is -0.130. The average Bonchev–Trinajstić information content (AvgIpc) is 2.69. The van der Waals surface area contributed by atoms with Crippen molar-refractivity contribution >= 4 is 29.6 Å². The largest absolute Gasteiger partial charge is 0.339 e. The molecule has 5 nitrogen and oxygen atoms in total. The molecule has 0 radical (unpaired) electrons. The highest BCUT2D eigenvalue weighted by atomic mass is 35.5. The highest BCUT2D eigenvalue weighted by Gasteiger charge is 2.27. The van der Waals surface area contributed by atoms with Gasteiger partial charge in [-0.3, -0.25) is 9.59 Å². The van der Waals surface area contributed by atoms with Crippen LogP contribution in [0.5, 0.6) is 0 Å². The molecule has 1 aliphatic heterocycles. The van der Waals surface area contributed by atoms with Crippen LogP contribution in [-0.2, 0) is 4.79 Å². The molecular weight excluding hydrogens is 362 g/mol. The summed E-state index contributed by atoms with van der Waals surface area (Å²) < 4.78 is 0. The van der Waals surface area contributed by atoms with E-state index in [1.54, 1.807) is 35.4 Å². The third-order valence-electron chi connectivity index (χ3n) is 4.71. The summed E-state index contributed by atoms with van der Waals surface area (Å²) in [5.41, 5.74) is 5.34. The van der Waals surface area contributed by atoms with Crippen LogP contribution in [0.25, 0.3) is 0 Å². The normalized spacial score (nSPS) is 15.1. The Labute approximate surface area is 164 Å². The maximum atomic E-state index is 12.5. The SMILES string of the molecule is Cc1ccc(/C=N\NC(=O)C2CCN(C(=O)c3ccc(Cl)cc3)CC2)cc1. The molecule has 0 atom stereocenters. The Morgan fingerprint density at radius 3 is 2.33 bits per heavy atom. The molecule has 2 amide bonds. The molecule has 0 aromatic heterocycles. The van der Waals surface area contributed by atoms with Crippen LogP contribution in [0.2, 0.25) is 5.02 Å². The fourth-order valence-corrected chi connectivity index (χ4v) is 3.16. The number of hydrazone groups is 1. The summed E-state index contributed by atoms with van der Waals surface area (Å²) >= 11 is 5.86. The minimum absolute atomic E-state index is 0.0251. The highest BCUT2D eigenvalue weighted by Crippen LogP contribution is 2.20. The lowest BCUT2D eigenvalue weighted by Gasteiger charge is -2.31. The van der Waals surface area contributed by atoms with E-state index in [1.165, 1.54) is 5.56 Å². The van der Waals surface area contributed by atoms with Gasteiger partial charge in [0.25, 0.3) is 5.91 Å². The molecule has 3 rings (SSSR count). The minimum Gasteiger partial charge on any atom is -0.339 e. The zero-order valence-corrected chi connectivity index (χ0v) is 15.9. The molecule has 27 heavy (non-hydrogen) atoms. The number of rotatable bonds is 4. The van der Waals surface area contributed by atoms with Crippen molar-refractivity contribution in [2.24, 2.45) is 11.0 Å². The van der Waals surface area contributed by atoms with Gasteiger partial charge in [-0.15, -0.1) is 0 Å². The van der Waals surface area contributed by atoms with E-state index < -0.39 is 0 Å². The van der Waals surface area contributed by atoms with Gasteiger partial charge < -0.3 is 4.90 Å². The summed E-state index contributed by atoms with van der Waals surface area (Å²) in [7, 11) is 0. The lowest BCUT2D eigenvalue weighted by molar-refractivity contribution is -0.126. The highest BCUT2D eigenvalue weighted by molar-refractivity contribution is 6.30. The number of piperidine rings is 1. The summed E-state index contributed by atoms with van der Waals surface area (Å²) in [5.74, 6) is -0.255. The van der Waals surface area contributed by atoms with E-state index >= 15 is 0 Å². The van der Waals surface area contributed by atoms with E-state index in [1.807, 2.05) is 31.2 Å². The van der Waals surface area contributed by atoms with Crippen LogP contribution >= 0.6 is 11.6 Å². The van der Waals surface area contributed by atoms with Crippen LogP contribution < -0.4 is 5.43 Å². The van der Waals surface area contributed by atoms with Gasteiger partial charge in [-0.25, -0.2) is 5.43 Å². The van der Waals surface area contributed by atoms with E-state index in [0.29, 0.717) is 36.5 Å². The molecule has 0 bridgehead atoms. The predicted octanol–water partition coefficient (Wildman–Crippen LogP) is 3.65. The van der Waals surface area contributed by atoms with Crippen molar-refractivity contribution in [2.45, 2.75) is 19.8 Å². The fraction of sp³-hybridized carbons (Fsp3) is 0.286. The van der Waals surface area contributed by atoms with Gasteiger partial charge in [0.05, 0.1) is 6.21 Å². The smallest absolute Gasteiger partial charge is 0.253 e. The molecule has 1 saturated heterocycles. The van der Waals surface area contributed by atoms with Crippen molar-refractivity contribution in [2.75, 3.05) is 13.1 Å². The Balaban J connectivity index is 1.48. The van der Waals surface area contributed by atoms with Crippen molar-refractivity contribution in [3.63, 3.8) is 0 Å². The van der Waals surface area contributed by atoms with Gasteiger partial charge in [-0.05, 0) is 49.6 Å². The Bertz CT molecular complexity index is 824. The first kappa shape index (κ1) is 19.1. The number of nitrogens with one attached hydrogen (secondary N) is 1. The number of nitrogens with zero attached hydrogens (tertiary/aromatic N) is 2. The second-order valence-electron chi connectivity index (χ2n) is 6.72. The quantitative estimate of drug-likeness (QED) is 0.647. The summed E-state index contributed by atoms with van der Waals surface area (Å²) in [6.07, 6.45) is 2.90. The first-order valence-electron chi connectivity index (χ1n) is 8.97. The van der Waals surface area contributed by atoms with E-state index in [2.05, 4.69) is 10.5 Å². The number of hydrogen-bond acceptors (Lipinski definition) is 3. The standard InChI is InChI=1S/C21H22ClN3O2/c1-15-2-4-16(5-3-15)14-23-24-20(26)17-10-12-25(13-11-17)21(27)18-6-8-19(22)9-7-18/h2-9,14,17H,10-13H2,1H3,(H,24,26)/b23-14-. The second kappa shape index (κ2) is 8.82. The molecule has 0 aliphatic carbocycles. The third-order valence-corrected chi connectivity index (χ3v) is 4.96. The zero-order chi connectivity index (χ0) is 19.2. The first-order valence-corrected chi connectivity index (χ1v) is 9.35.